The van der Waals surface area contributed by atoms with E-state index in [-0.39, 0.29) is 0 Å². The lowest BCUT2D eigenvalue weighted by atomic mass is 10.0. The molecule has 0 amide bonds. The molecule has 0 unspecified atom stereocenters. The summed E-state index contributed by atoms with van der Waals surface area (Å²) in [5, 5.41) is 0. The van der Waals surface area contributed by atoms with Crippen LogP contribution in [0.5, 0.6) is 5.75 Å². The van der Waals surface area contributed by atoms with Crippen molar-refractivity contribution in [3.63, 3.8) is 0 Å². The lowest BCUT2D eigenvalue weighted by molar-refractivity contribution is 0.150. The first-order valence-electron chi connectivity index (χ1n) is 7.93. The minimum Gasteiger partial charge on any atom is -0.494 e. The Morgan fingerprint density at radius 1 is 1.10 bits per heavy atom. The molecule has 0 aromatic heterocycles. The Hall–Kier alpha value is -0.730. The van der Waals surface area contributed by atoms with Crippen molar-refractivity contribution in [2.45, 2.75) is 50.6 Å². The number of piperidine rings is 1. The largest absolute Gasteiger partial charge is 0.494 e. The Bertz CT molecular complexity index is 420. The minimum atomic E-state index is 0.636. The van der Waals surface area contributed by atoms with Crippen LogP contribution in [0.25, 0.3) is 0 Å². The Labute approximate surface area is 127 Å². The first kappa shape index (κ1) is 14.2. The molecular formula is C17H24ClNO. The molecule has 3 rings (SSSR count). The summed E-state index contributed by atoms with van der Waals surface area (Å²) in [6.07, 6.45) is 7.78. The second-order valence-corrected chi connectivity index (χ2v) is 6.32. The quantitative estimate of drug-likeness (QED) is 0.590. The number of rotatable bonds is 5. The van der Waals surface area contributed by atoms with E-state index < -0.39 is 0 Å². The second kappa shape index (κ2) is 6.82. The van der Waals surface area contributed by atoms with Crippen LogP contribution in [0.3, 0.4) is 0 Å². The van der Waals surface area contributed by atoms with Crippen molar-refractivity contribution in [3.05, 3.63) is 29.8 Å². The Morgan fingerprint density at radius 3 is 2.75 bits per heavy atom. The molecule has 1 aromatic carbocycles. The maximum atomic E-state index is 5.67. The summed E-state index contributed by atoms with van der Waals surface area (Å²) >= 11 is 5.66. The fraction of sp³-hybridized carbons (Fsp3) is 0.647. The van der Waals surface area contributed by atoms with E-state index in [1.54, 1.807) is 0 Å². The summed E-state index contributed by atoms with van der Waals surface area (Å²) in [5.41, 5.74) is 1.46. The van der Waals surface area contributed by atoms with Crippen molar-refractivity contribution < 1.29 is 4.74 Å². The van der Waals surface area contributed by atoms with Gasteiger partial charge in [-0.1, -0.05) is 18.6 Å². The number of benzene rings is 1. The molecule has 0 aliphatic carbocycles. The van der Waals surface area contributed by atoms with Crippen LogP contribution < -0.4 is 4.74 Å². The van der Waals surface area contributed by atoms with Crippen LogP contribution in [0, 0.1) is 0 Å². The predicted molar refractivity (Wildman–Crippen MR) is 83.6 cm³/mol. The zero-order valence-electron chi connectivity index (χ0n) is 12.1. The molecule has 110 valence electrons. The van der Waals surface area contributed by atoms with Gasteiger partial charge in [0.15, 0.2) is 0 Å². The molecule has 2 aliphatic rings. The average Bonchev–Trinajstić information content (AvgIpc) is 2.92. The van der Waals surface area contributed by atoms with Gasteiger partial charge in [0.1, 0.15) is 5.75 Å². The van der Waals surface area contributed by atoms with Gasteiger partial charge in [-0.3, -0.25) is 4.90 Å². The van der Waals surface area contributed by atoms with Gasteiger partial charge in [-0.2, -0.15) is 0 Å². The number of alkyl halides is 1. The Kier molecular flexibility index (Phi) is 4.85. The van der Waals surface area contributed by atoms with E-state index in [1.807, 2.05) is 0 Å². The van der Waals surface area contributed by atoms with Crippen LogP contribution in [0.15, 0.2) is 24.3 Å². The van der Waals surface area contributed by atoms with Gasteiger partial charge in [-0.25, -0.2) is 0 Å². The van der Waals surface area contributed by atoms with Gasteiger partial charge in [0.2, 0.25) is 0 Å². The monoisotopic (exact) mass is 293 g/mol. The molecular weight excluding hydrogens is 270 g/mol. The Morgan fingerprint density at radius 2 is 1.95 bits per heavy atom. The highest BCUT2D eigenvalue weighted by Gasteiger charge is 2.35. The second-order valence-electron chi connectivity index (χ2n) is 5.94. The normalized spacial score (nSPS) is 26.4. The number of hydrogen-bond donors (Lipinski definition) is 0. The summed E-state index contributed by atoms with van der Waals surface area (Å²) in [4.78, 5) is 2.73. The molecule has 1 aromatic rings. The Balaban J connectivity index is 1.62. The highest BCUT2D eigenvalue weighted by atomic mass is 35.5. The third kappa shape index (κ3) is 3.12. The highest BCUT2D eigenvalue weighted by Crippen LogP contribution is 2.40. The zero-order valence-corrected chi connectivity index (χ0v) is 12.8. The highest BCUT2D eigenvalue weighted by molar-refractivity contribution is 6.17. The van der Waals surface area contributed by atoms with Gasteiger partial charge in [0.05, 0.1) is 6.61 Å². The van der Waals surface area contributed by atoms with Crippen LogP contribution in [0.1, 0.15) is 50.1 Å². The van der Waals surface area contributed by atoms with E-state index in [2.05, 4.69) is 29.2 Å². The van der Waals surface area contributed by atoms with Crippen molar-refractivity contribution >= 4 is 11.6 Å². The molecule has 3 heteroatoms. The minimum absolute atomic E-state index is 0.636. The molecule has 20 heavy (non-hydrogen) atoms. The van der Waals surface area contributed by atoms with Gasteiger partial charge in [-0.05, 0) is 56.3 Å². The first-order valence-corrected chi connectivity index (χ1v) is 8.46. The molecule has 2 atom stereocenters. The number of halogens is 1. The summed E-state index contributed by atoms with van der Waals surface area (Å²) in [5.74, 6) is 1.63. The molecule has 2 nitrogen and oxygen atoms in total. The maximum Gasteiger partial charge on any atom is 0.119 e. The summed E-state index contributed by atoms with van der Waals surface area (Å²) in [6, 6.07) is 10.2. The molecule has 0 radical (unpaired) electrons. The SMILES string of the molecule is ClCCCOc1ccc([C@@H]2CC[C@H]3CCCCN32)cc1. The molecule has 2 heterocycles. The van der Waals surface area contributed by atoms with Crippen LogP contribution in [-0.2, 0) is 0 Å². The summed E-state index contributed by atoms with van der Waals surface area (Å²) in [6.45, 7) is 1.99. The van der Waals surface area contributed by atoms with Crippen molar-refractivity contribution in [2.75, 3.05) is 19.0 Å². The van der Waals surface area contributed by atoms with Crippen LogP contribution in [-0.4, -0.2) is 30.0 Å². The molecule has 0 N–H and O–H groups in total. The van der Waals surface area contributed by atoms with E-state index in [4.69, 9.17) is 16.3 Å². The van der Waals surface area contributed by atoms with E-state index in [9.17, 15) is 0 Å². The summed E-state index contributed by atoms with van der Waals surface area (Å²) < 4.78 is 5.67. The van der Waals surface area contributed by atoms with Crippen LogP contribution in [0.4, 0.5) is 0 Å². The third-order valence-corrected chi connectivity index (χ3v) is 4.93. The van der Waals surface area contributed by atoms with Crippen molar-refractivity contribution in [3.8, 4) is 5.75 Å². The summed E-state index contributed by atoms with van der Waals surface area (Å²) in [7, 11) is 0. The van der Waals surface area contributed by atoms with E-state index in [0.29, 0.717) is 18.5 Å². The van der Waals surface area contributed by atoms with Crippen molar-refractivity contribution in [1.29, 1.82) is 0 Å². The van der Waals surface area contributed by atoms with E-state index >= 15 is 0 Å². The van der Waals surface area contributed by atoms with Crippen molar-refractivity contribution in [2.24, 2.45) is 0 Å². The van der Waals surface area contributed by atoms with Gasteiger partial charge < -0.3 is 4.74 Å². The van der Waals surface area contributed by atoms with Gasteiger partial charge in [0.25, 0.3) is 0 Å². The smallest absolute Gasteiger partial charge is 0.119 e. The molecule has 2 saturated heterocycles. The fourth-order valence-corrected chi connectivity index (χ4v) is 3.76. The van der Waals surface area contributed by atoms with E-state index in [0.717, 1.165) is 18.2 Å². The van der Waals surface area contributed by atoms with Crippen LogP contribution >= 0.6 is 11.6 Å². The number of hydrogen-bond acceptors (Lipinski definition) is 2. The molecule has 2 aliphatic heterocycles. The first-order chi connectivity index (χ1) is 9.88. The number of nitrogens with zero attached hydrogens (tertiary/aromatic N) is 1. The van der Waals surface area contributed by atoms with Gasteiger partial charge >= 0.3 is 0 Å². The van der Waals surface area contributed by atoms with Gasteiger partial charge in [-0.15, -0.1) is 11.6 Å². The fourth-order valence-electron chi connectivity index (χ4n) is 3.65. The number of fused-ring (bicyclic) bond motifs is 1. The van der Waals surface area contributed by atoms with Crippen LogP contribution in [0.2, 0.25) is 0 Å². The van der Waals surface area contributed by atoms with Crippen molar-refractivity contribution in [1.82, 2.24) is 4.90 Å². The van der Waals surface area contributed by atoms with Gasteiger partial charge in [0, 0.05) is 18.0 Å². The standard InChI is InChI=1S/C17H24ClNO/c18-11-3-13-20-16-8-5-14(6-9-16)17-10-7-15-4-1-2-12-19(15)17/h5-6,8-9,15,17H,1-4,7,10-13H2/t15-,17+/m1/s1. The lowest BCUT2D eigenvalue weighted by Gasteiger charge is -2.34. The zero-order chi connectivity index (χ0) is 13.8. The lowest BCUT2D eigenvalue weighted by Crippen LogP contribution is -2.35. The average molecular weight is 294 g/mol. The predicted octanol–water partition coefficient (Wildman–Crippen LogP) is 4.38. The third-order valence-electron chi connectivity index (χ3n) is 4.66. The maximum absolute atomic E-state index is 5.67. The topological polar surface area (TPSA) is 12.5 Å². The molecule has 0 saturated carbocycles. The molecule has 0 bridgehead atoms. The molecule has 0 spiro atoms. The molecule has 2 fully saturated rings. The number of ether oxygens (including phenoxy) is 1. The van der Waals surface area contributed by atoms with E-state index in [1.165, 1.54) is 44.2 Å².